The van der Waals surface area contributed by atoms with Crippen molar-refractivity contribution in [3.63, 3.8) is 0 Å². The topological polar surface area (TPSA) is 126 Å². The summed E-state index contributed by atoms with van der Waals surface area (Å²) in [6.45, 7) is 9.64. The van der Waals surface area contributed by atoms with E-state index in [0.29, 0.717) is 31.4 Å². The van der Waals surface area contributed by atoms with E-state index in [2.05, 4.69) is 17.1 Å². The minimum absolute atomic E-state index is 0.0495. The lowest BCUT2D eigenvalue weighted by Crippen LogP contribution is -2.49. The van der Waals surface area contributed by atoms with Crippen LogP contribution >= 0.6 is 0 Å². The molecule has 0 aromatic carbocycles. The molecule has 0 radical (unpaired) electrons. The lowest BCUT2D eigenvalue weighted by atomic mass is 9.94. The highest BCUT2D eigenvalue weighted by molar-refractivity contribution is 6.05. The van der Waals surface area contributed by atoms with Gasteiger partial charge >= 0.3 is 11.9 Å². The Hall–Kier alpha value is -2.79. The van der Waals surface area contributed by atoms with Crippen LogP contribution in [0.2, 0.25) is 0 Å². The van der Waals surface area contributed by atoms with E-state index in [1.807, 2.05) is 45.7 Å². The second-order valence-electron chi connectivity index (χ2n) is 12.5. The number of ether oxygens (including phenoxy) is 3. The number of ketones is 1. The van der Waals surface area contributed by atoms with Crippen LogP contribution in [0.15, 0.2) is 46.8 Å². The summed E-state index contributed by atoms with van der Waals surface area (Å²) in [6, 6.07) is 0. The molecule has 10 nitrogen and oxygen atoms in total. The molecule has 2 fully saturated rings. The molecule has 1 aliphatic carbocycles. The summed E-state index contributed by atoms with van der Waals surface area (Å²) in [5.74, 6) is -1.59. The molecular formula is C32H46N2O8. The number of hydrogen-bond acceptors (Lipinski definition) is 9. The summed E-state index contributed by atoms with van der Waals surface area (Å²) in [5.41, 5.74) is 1.74. The van der Waals surface area contributed by atoms with Crippen LogP contribution in [0.3, 0.4) is 0 Å². The average molecular weight is 587 g/mol. The summed E-state index contributed by atoms with van der Waals surface area (Å²) in [4.78, 5) is 41.5. The van der Waals surface area contributed by atoms with Crippen molar-refractivity contribution in [1.82, 2.24) is 9.80 Å². The van der Waals surface area contributed by atoms with Crippen molar-refractivity contribution in [3.05, 3.63) is 46.8 Å². The van der Waals surface area contributed by atoms with Crippen molar-refractivity contribution in [2.75, 3.05) is 26.7 Å². The summed E-state index contributed by atoms with van der Waals surface area (Å²) in [6.07, 6.45) is 10.2. The minimum atomic E-state index is -1.09. The van der Waals surface area contributed by atoms with E-state index in [-0.39, 0.29) is 47.8 Å². The number of Topliss-reactive ketones (excluding diaryl/α,β-unsaturated/α-hetero) is 1. The molecule has 0 amide bonds. The van der Waals surface area contributed by atoms with Crippen LogP contribution in [-0.4, -0.2) is 88.7 Å². The number of carboxylic acid groups (broad SMARTS) is 1. The molecule has 4 rings (SSSR count). The Morgan fingerprint density at radius 2 is 1.93 bits per heavy atom. The van der Waals surface area contributed by atoms with Crippen LogP contribution in [0.5, 0.6) is 0 Å². The Kier molecular flexibility index (Phi) is 10.5. The van der Waals surface area contributed by atoms with Gasteiger partial charge in [-0.25, -0.2) is 4.79 Å². The quantitative estimate of drug-likeness (QED) is 0.272. The van der Waals surface area contributed by atoms with Crippen molar-refractivity contribution in [2.45, 2.75) is 96.9 Å². The number of nitrogens with zero attached hydrogens (tertiary/aromatic N) is 2. The maximum Gasteiger partial charge on any atom is 0.333 e. The third-order valence-corrected chi connectivity index (χ3v) is 8.58. The van der Waals surface area contributed by atoms with Crippen LogP contribution in [0.4, 0.5) is 0 Å². The zero-order valence-electron chi connectivity index (χ0n) is 25.5. The fraction of sp³-hybridized carbons (Fsp3) is 0.656. The molecule has 4 aliphatic rings. The number of hydrogen-bond donors (Lipinski definition) is 2. The van der Waals surface area contributed by atoms with E-state index in [4.69, 9.17) is 14.2 Å². The van der Waals surface area contributed by atoms with Crippen molar-refractivity contribution < 1.29 is 38.8 Å². The summed E-state index contributed by atoms with van der Waals surface area (Å²) in [7, 11) is 2.04. The number of carboxylic acids is 1. The Morgan fingerprint density at radius 3 is 2.64 bits per heavy atom. The van der Waals surface area contributed by atoms with Crippen LogP contribution in [0.25, 0.3) is 0 Å². The monoisotopic (exact) mass is 586 g/mol. The smallest absolute Gasteiger partial charge is 0.333 e. The van der Waals surface area contributed by atoms with Gasteiger partial charge in [0.1, 0.15) is 11.8 Å². The molecule has 3 aliphatic heterocycles. The molecule has 0 spiro atoms. The third kappa shape index (κ3) is 7.78. The molecule has 3 heterocycles. The summed E-state index contributed by atoms with van der Waals surface area (Å²) >= 11 is 0. The molecule has 10 heteroatoms. The standard InChI is InChI=1S/C32H46N2O8/c1-20-15-28(37)41-21(2)30(20)42-27(36)10-8-14-33(5)13-7-6-9-22-11-12-23-19-40-32(3,4)34-18-24(31(38)39)17-26(35)25(16-22)29(23)34/h11-12,16,18,20-21,23,28,30,37H,6-10,13-15,17,19H2,1-5H3,(H,38,39)/t20?,21?,23?,28-,30-/m1/s1. The van der Waals surface area contributed by atoms with Gasteiger partial charge in [0, 0.05) is 48.6 Å². The second kappa shape index (κ2) is 13.7. The van der Waals surface area contributed by atoms with Gasteiger partial charge in [0.05, 0.1) is 18.3 Å². The SMILES string of the molecule is CC1C[C@H](O)OC(C)[C@@H]1OC(=O)CCCN(C)CCCCC1=CC2=C3C(C=C1)COC(C)(C)N3C=C(C(=O)O)CC2=O. The van der Waals surface area contributed by atoms with Crippen LogP contribution in [0.1, 0.15) is 72.6 Å². The Bertz CT molecular complexity index is 1160. The first-order valence-electron chi connectivity index (χ1n) is 15.1. The Morgan fingerprint density at radius 1 is 1.19 bits per heavy atom. The third-order valence-electron chi connectivity index (χ3n) is 8.58. The van der Waals surface area contributed by atoms with Crippen molar-refractivity contribution >= 4 is 17.7 Å². The molecule has 232 valence electrons. The zero-order valence-corrected chi connectivity index (χ0v) is 25.5. The molecule has 2 N–H and O–H groups in total. The van der Waals surface area contributed by atoms with Gasteiger partial charge in [-0.15, -0.1) is 0 Å². The Labute approximate surface area is 248 Å². The molecule has 5 atom stereocenters. The van der Waals surface area contributed by atoms with Gasteiger partial charge in [-0.1, -0.05) is 19.1 Å². The zero-order chi connectivity index (χ0) is 30.6. The minimum Gasteiger partial charge on any atom is -0.478 e. The van der Waals surface area contributed by atoms with Crippen molar-refractivity contribution in [1.29, 1.82) is 0 Å². The second-order valence-corrected chi connectivity index (χ2v) is 12.5. The first-order valence-corrected chi connectivity index (χ1v) is 15.1. The molecule has 3 unspecified atom stereocenters. The maximum absolute atomic E-state index is 13.3. The number of carbonyl (C=O) groups is 3. The molecule has 0 saturated carbocycles. The number of aliphatic hydroxyl groups is 1. The van der Waals surface area contributed by atoms with E-state index in [9.17, 15) is 24.6 Å². The average Bonchev–Trinajstić information content (AvgIpc) is 3.18. The molecule has 42 heavy (non-hydrogen) atoms. The van der Waals surface area contributed by atoms with Gasteiger partial charge in [0.25, 0.3) is 0 Å². The number of allylic oxidation sites excluding steroid dienone is 4. The van der Waals surface area contributed by atoms with Gasteiger partial charge in [-0.3, -0.25) is 9.59 Å². The number of aliphatic carboxylic acids is 1. The summed E-state index contributed by atoms with van der Waals surface area (Å²) < 4.78 is 17.1. The van der Waals surface area contributed by atoms with Gasteiger partial charge in [-0.05, 0) is 78.2 Å². The lowest BCUT2D eigenvalue weighted by molar-refractivity contribution is -0.221. The number of rotatable bonds is 11. The van der Waals surface area contributed by atoms with Gasteiger partial charge in [-0.2, -0.15) is 0 Å². The maximum atomic E-state index is 13.3. The first kappa shape index (κ1) is 32.1. The Balaban J connectivity index is 1.25. The van der Waals surface area contributed by atoms with E-state index < -0.39 is 18.0 Å². The predicted octanol–water partition coefficient (Wildman–Crippen LogP) is 3.92. The highest BCUT2D eigenvalue weighted by atomic mass is 16.6. The fourth-order valence-corrected chi connectivity index (χ4v) is 6.17. The van der Waals surface area contributed by atoms with Gasteiger partial charge in [0.15, 0.2) is 12.1 Å². The van der Waals surface area contributed by atoms with E-state index in [0.717, 1.165) is 43.6 Å². The lowest BCUT2D eigenvalue weighted by Gasteiger charge is -2.46. The molecule has 2 saturated heterocycles. The number of carbonyl (C=O) groups excluding carboxylic acids is 2. The highest BCUT2D eigenvalue weighted by Gasteiger charge is 2.42. The largest absolute Gasteiger partial charge is 0.478 e. The number of aliphatic hydroxyl groups excluding tert-OH is 1. The van der Waals surface area contributed by atoms with Crippen molar-refractivity contribution in [3.8, 4) is 0 Å². The fourth-order valence-electron chi connectivity index (χ4n) is 6.17. The molecular weight excluding hydrogens is 540 g/mol. The van der Waals surface area contributed by atoms with E-state index in [1.165, 1.54) is 0 Å². The molecule has 0 bridgehead atoms. The number of unbranched alkanes of at least 4 members (excludes halogenated alkanes) is 1. The normalized spacial score (nSPS) is 29.0. The van der Waals surface area contributed by atoms with Crippen molar-refractivity contribution in [2.24, 2.45) is 11.8 Å². The molecule has 0 aromatic heterocycles. The van der Waals surface area contributed by atoms with E-state index in [1.54, 1.807) is 6.20 Å². The van der Waals surface area contributed by atoms with Crippen LogP contribution < -0.4 is 0 Å². The van der Waals surface area contributed by atoms with Crippen LogP contribution in [0, 0.1) is 11.8 Å². The highest BCUT2D eigenvalue weighted by Crippen LogP contribution is 2.41. The van der Waals surface area contributed by atoms with E-state index >= 15 is 0 Å². The van der Waals surface area contributed by atoms with Gasteiger partial charge < -0.3 is 34.2 Å². The molecule has 0 aromatic rings. The number of esters is 1. The van der Waals surface area contributed by atoms with Gasteiger partial charge in [0.2, 0.25) is 0 Å². The van der Waals surface area contributed by atoms with Crippen LogP contribution in [-0.2, 0) is 28.6 Å². The first-order chi connectivity index (χ1) is 19.9. The summed E-state index contributed by atoms with van der Waals surface area (Å²) in [5, 5.41) is 19.4. The predicted molar refractivity (Wildman–Crippen MR) is 156 cm³/mol.